The molecule has 100 valence electrons. The third-order valence-electron chi connectivity index (χ3n) is 2.77. The van der Waals surface area contributed by atoms with Crippen LogP contribution < -0.4 is 4.72 Å². The SMILES string of the molecule is CCCCS(=O)(=O)NCCn1ccn2nccc12. The first-order chi connectivity index (χ1) is 8.62. The van der Waals surface area contributed by atoms with Gasteiger partial charge in [0.25, 0.3) is 0 Å². The van der Waals surface area contributed by atoms with Crippen LogP contribution in [0, 0.1) is 0 Å². The van der Waals surface area contributed by atoms with E-state index in [9.17, 15) is 8.42 Å². The number of rotatable bonds is 7. The van der Waals surface area contributed by atoms with Crippen LogP contribution in [0.5, 0.6) is 0 Å². The Bertz CT molecular complexity index is 599. The third-order valence-corrected chi connectivity index (χ3v) is 4.24. The van der Waals surface area contributed by atoms with E-state index in [4.69, 9.17) is 0 Å². The molecule has 0 aliphatic carbocycles. The minimum Gasteiger partial charge on any atom is -0.330 e. The Balaban J connectivity index is 1.87. The zero-order chi connectivity index (χ0) is 13.0. The summed E-state index contributed by atoms with van der Waals surface area (Å²) in [7, 11) is -3.12. The minimum atomic E-state index is -3.12. The number of unbranched alkanes of at least 4 members (excludes halogenated alkanes) is 1. The van der Waals surface area contributed by atoms with E-state index in [2.05, 4.69) is 9.82 Å². The van der Waals surface area contributed by atoms with Crippen LogP contribution >= 0.6 is 0 Å². The van der Waals surface area contributed by atoms with Crippen molar-refractivity contribution in [2.75, 3.05) is 12.3 Å². The van der Waals surface area contributed by atoms with E-state index < -0.39 is 10.0 Å². The van der Waals surface area contributed by atoms with E-state index in [1.54, 1.807) is 10.7 Å². The first-order valence-electron chi connectivity index (χ1n) is 6.08. The number of hydrogen-bond acceptors (Lipinski definition) is 3. The van der Waals surface area contributed by atoms with Crippen LogP contribution in [0.4, 0.5) is 0 Å². The lowest BCUT2D eigenvalue weighted by molar-refractivity contribution is 0.571. The van der Waals surface area contributed by atoms with Crippen LogP contribution in [0.1, 0.15) is 19.8 Å². The van der Waals surface area contributed by atoms with Gasteiger partial charge in [0.1, 0.15) is 5.65 Å². The fourth-order valence-electron chi connectivity index (χ4n) is 1.79. The van der Waals surface area contributed by atoms with Gasteiger partial charge in [-0.1, -0.05) is 13.3 Å². The van der Waals surface area contributed by atoms with Crippen LogP contribution in [0.25, 0.3) is 5.65 Å². The first-order valence-corrected chi connectivity index (χ1v) is 7.73. The molecule has 2 heterocycles. The summed E-state index contributed by atoms with van der Waals surface area (Å²) in [5.41, 5.74) is 0.961. The highest BCUT2D eigenvalue weighted by Crippen LogP contribution is 2.03. The van der Waals surface area contributed by atoms with Gasteiger partial charge in [0, 0.05) is 31.5 Å². The predicted octanol–water partition coefficient (Wildman–Crippen LogP) is 0.855. The smallest absolute Gasteiger partial charge is 0.211 e. The number of hydrogen-bond donors (Lipinski definition) is 1. The van der Waals surface area contributed by atoms with E-state index in [0.29, 0.717) is 19.5 Å². The molecule has 2 rings (SSSR count). The number of aromatic nitrogens is 3. The van der Waals surface area contributed by atoms with Gasteiger partial charge in [0.15, 0.2) is 0 Å². The molecule has 18 heavy (non-hydrogen) atoms. The molecule has 0 aliphatic rings. The molecule has 0 saturated heterocycles. The third kappa shape index (κ3) is 3.11. The van der Waals surface area contributed by atoms with Crippen LogP contribution in [-0.4, -0.2) is 34.9 Å². The number of nitrogens with zero attached hydrogens (tertiary/aromatic N) is 3. The molecule has 0 bridgehead atoms. The van der Waals surface area contributed by atoms with Crippen molar-refractivity contribution in [2.24, 2.45) is 0 Å². The molecule has 0 fully saturated rings. The van der Waals surface area contributed by atoms with E-state index in [0.717, 1.165) is 12.1 Å². The van der Waals surface area contributed by atoms with Crippen molar-refractivity contribution in [1.82, 2.24) is 18.9 Å². The molecule has 7 heteroatoms. The Kier molecular flexibility index (Phi) is 4.03. The van der Waals surface area contributed by atoms with Gasteiger partial charge >= 0.3 is 0 Å². The van der Waals surface area contributed by atoms with E-state index in [1.807, 2.05) is 30.0 Å². The van der Waals surface area contributed by atoms with Gasteiger partial charge in [-0.2, -0.15) is 5.10 Å². The summed E-state index contributed by atoms with van der Waals surface area (Å²) >= 11 is 0. The molecular weight excluding hydrogens is 252 g/mol. The summed E-state index contributed by atoms with van der Waals surface area (Å²) in [6.07, 6.45) is 7.04. The van der Waals surface area contributed by atoms with Gasteiger partial charge in [-0.15, -0.1) is 0 Å². The standard InChI is InChI=1S/C11H18N4O2S/c1-2-3-10-18(16,17)13-6-7-14-8-9-15-11(14)4-5-12-15/h4-5,8-9,13H,2-3,6-7,10H2,1H3. The zero-order valence-electron chi connectivity index (χ0n) is 10.4. The molecule has 0 atom stereocenters. The van der Waals surface area contributed by atoms with E-state index in [-0.39, 0.29) is 5.75 Å². The molecule has 1 N–H and O–H groups in total. The maximum absolute atomic E-state index is 11.6. The van der Waals surface area contributed by atoms with Gasteiger partial charge in [-0.25, -0.2) is 17.7 Å². The largest absolute Gasteiger partial charge is 0.330 e. The highest BCUT2D eigenvalue weighted by molar-refractivity contribution is 7.89. The summed E-state index contributed by atoms with van der Waals surface area (Å²) in [4.78, 5) is 0. The van der Waals surface area contributed by atoms with E-state index >= 15 is 0 Å². The molecule has 0 saturated carbocycles. The summed E-state index contributed by atoms with van der Waals surface area (Å²) in [6.45, 7) is 2.99. The maximum Gasteiger partial charge on any atom is 0.211 e. The number of fused-ring (bicyclic) bond motifs is 1. The quantitative estimate of drug-likeness (QED) is 0.811. The van der Waals surface area contributed by atoms with Crippen LogP contribution in [0.3, 0.4) is 0 Å². The first kappa shape index (κ1) is 13.1. The number of nitrogens with one attached hydrogen (secondary N) is 1. The van der Waals surface area contributed by atoms with Crippen molar-refractivity contribution in [1.29, 1.82) is 0 Å². The molecule has 0 aliphatic heterocycles. The second-order valence-electron chi connectivity index (χ2n) is 4.19. The minimum absolute atomic E-state index is 0.206. The van der Waals surface area contributed by atoms with Crippen LogP contribution in [-0.2, 0) is 16.6 Å². The van der Waals surface area contributed by atoms with Crippen molar-refractivity contribution < 1.29 is 8.42 Å². The molecule has 2 aromatic heterocycles. The van der Waals surface area contributed by atoms with Crippen molar-refractivity contribution in [3.8, 4) is 0 Å². The Morgan fingerprint density at radius 1 is 1.39 bits per heavy atom. The van der Waals surface area contributed by atoms with Crippen LogP contribution in [0.2, 0.25) is 0 Å². The molecule has 0 amide bonds. The van der Waals surface area contributed by atoms with E-state index in [1.165, 1.54) is 0 Å². The van der Waals surface area contributed by atoms with Gasteiger partial charge < -0.3 is 4.57 Å². The molecular formula is C11H18N4O2S. The average molecular weight is 270 g/mol. The second-order valence-corrected chi connectivity index (χ2v) is 6.12. The fourth-order valence-corrected chi connectivity index (χ4v) is 3.00. The summed E-state index contributed by atoms with van der Waals surface area (Å²) in [5, 5.41) is 4.09. The number of imidazole rings is 1. The molecule has 6 nitrogen and oxygen atoms in total. The predicted molar refractivity (Wildman–Crippen MR) is 69.9 cm³/mol. The molecule has 0 unspecified atom stereocenters. The topological polar surface area (TPSA) is 68.4 Å². The average Bonchev–Trinajstić information content (AvgIpc) is 2.91. The highest BCUT2D eigenvalue weighted by atomic mass is 32.2. The zero-order valence-corrected chi connectivity index (χ0v) is 11.2. The summed E-state index contributed by atoms with van der Waals surface area (Å²) in [5.74, 6) is 0.206. The number of sulfonamides is 1. The monoisotopic (exact) mass is 270 g/mol. The van der Waals surface area contributed by atoms with Gasteiger partial charge in [0.05, 0.1) is 11.9 Å². The summed E-state index contributed by atoms with van der Waals surface area (Å²) < 4.78 is 29.5. The Labute approximate surface area is 107 Å². The molecule has 2 aromatic rings. The Morgan fingerprint density at radius 2 is 2.22 bits per heavy atom. The summed E-state index contributed by atoms with van der Waals surface area (Å²) in [6, 6.07) is 1.89. The lowest BCUT2D eigenvalue weighted by atomic mass is 10.4. The van der Waals surface area contributed by atoms with Crippen molar-refractivity contribution in [2.45, 2.75) is 26.3 Å². The van der Waals surface area contributed by atoms with Crippen molar-refractivity contribution in [3.63, 3.8) is 0 Å². The van der Waals surface area contributed by atoms with Gasteiger partial charge in [0.2, 0.25) is 10.0 Å². The van der Waals surface area contributed by atoms with Crippen LogP contribution in [0.15, 0.2) is 24.7 Å². The Morgan fingerprint density at radius 3 is 3.00 bits per heavy atom. The molecule has 0 spiro atoms. The Hall–Kier alpha value is -1.34. The molecule has 0 radical (unpaired) electrons. The normalized spacial score (nSPS) is 12.3. The lowest BCUT2D eigenvalue weighted by Gasteiger charge is -2.07. The fraction of sp³-hybridized carbons (Fsp3) is 0.545. The lowest BCUT2D eigenvalue weighted by Crippen LogP contribution is -2.29. The van der Waals surface area contributed by atoms with Crippen molar-refractivity contribution in [3.05, 3.63) is 24.7 Å². The van der Waals surface area contributed by atoms with Crippen molar-refractivity contribution >= 4 is 15.7 Å². The second kappa shape index (κ2) is 5.53. The van der Waals surface area contributed by atoms with Gasteiger partial charge in [-0.3, -0.25) is 0 Å². The van der Waals surface area contributed by atoms with Gasteiger partial charge in [-0.05, 0) is 6.42 Å². The highest BCUT2D eigenvalue weighted by Gasteiger charge is 2.08. The maximum atomic E-state index is 11.6. The molecule has 0 aromatic carbocycles.